The predicted octanol–water partition coefficient (Wildman–Crippen LogP) is 2.66. The van der Waals surface area contributed by atoms with Gasteiger partial charge in [-0.3, -0.25) is 9.48 Å². The molecule has 0 aliphatic heterocycles. The van der Waals surface area contributed by atoms with Gasteiger partial charge in [-0.15, -0.1) is 0 Å². The molecule has 1 aliphatic rings. The number of aromatic nitrogens is 2. The van der Waals surface area contributed by atoms with Gasteiger partial charge in [0.1, 0.15) is 0 Å². The molecule has 5 heteroatoms. The van der Waals surface area contributed by atoms with Crippen molar-refractivity contribution in [3.8, 4) is 0 Å². The molecule has 0 saturated heterocycles. The second kappa shape index (κ2) is 7.83. The summed E-state index contributed by atoms with van der Waals surface area (Å²) in [5, 5.41) is 10.7. The lowest BCUT2D eigenvalue weighted by atomic mass is 9.64. The largest absolute Gasteiger partial charge is 0.354 e. The van der Waals surface area contributed by atoms with Crippen molar-refractivity contribution in [3.05, 3.63) is 54.4 Å². The van der Waals surface area contributed by atoms with Crippen LogP contribution in [-0.2, 0) is 10.2 Å². The maximum atomic E-state index is 12.3. The zero-order chi connectivity index (χ0) is 17.7. The molecule has 1 fully saturated rings. The zero-order valence-corrected chi connectivity index (χ0v) is 15.1. The summed E-state index contributed by atoms with van der Waals surface area (Å²) in [6.45, 7) is 5.23. The summed E-state index contributed by atoms with van der Waals surface area (Å²) in [4.78, 5) is 12.3. The van der Waals surface area contributed by atoms with Crippen LogP contribution in [-0.4, -0.2) is 34.8 Å². The first-order valence-corrected chi connectivity index (χ1v) is 9.15. The number of benzene rings is 1. The quantitative estimate of drug-likeness (QED) is 0.777. The van der Waals surface area contributed by atoms with Crippen LogP contribution in [0.2, 0.25) is 0 Å². The number of carbonyl (C=O) groups is 1. The Kier molecular flexibility index (Phi) is 5.53. The predicted molar refractivity (Wildman–Crippen MR) is 99.4 cm³/mol. The molecule has 25 heavy (non-hydrogen) atoms. The summed E-state index contributed by atoms with van der Waals surface area (Å²) in [7, 11) is 0. The van der Waals surface area contributed by atoms with E-state index in [1.54, 1.807) is 6.20 Å². The van der Waals surface area contributed by atoms with Crippen LogP contribution in [0.5, 0.6) is 0 Å². The topological polar surface area (TPSA) is 59.0 Å². The number of hydrogen-bond donors (Lipinski definition) is 2. The highest BCUT2D eigenvalue weighted by molar-refractivity contribution is 5.78. The Balaban J connectivity index is 1.46. The first kappa shape index (κ1) is 17.7. The van der Waals surface area contributed by atoms with Crippen LogP contribution in [0.25, 0.3) is 0 Å². The van der Waals surface area contributed by atoms with Crippen molar-refractivity contribution in [1.82, 2.24) is 20.4 Å². The van der Waals surface area contributed by atoms with E-state index in [4.69, 9.17) is 0 Å². The van der Waals surface area contributed by atoms with E-state index in [1.165, 1.54) is 12.0 Å². The third-order valence-electron chi connectivity index (χ3n) is 5.57. The molecule has 3 rings (SSSR count). The molecule has 2 unspecified atom stereocenters. The van der Waals surface area contributed by atoms with Crippen molar-refractivity contribution in [2.45, 2.75) is 50.6 Å². The summed E-state index contributed by atoms with van der Waals surface area (Å²) in [5.74, 6) is 0.0571. The second-order valence-corrected chi connectivity index (χ2v) is 7.17. The van der Waals surface area contributed by atoms with Gasteiger partial charge in [0.05, 0.1) is 12.6 Å². The summed E-state index contributed by atoms with van der Waals surface area (Å²) < 4.78 is 1.91. The number of amides is 1. The molecule has 0 radical (unpaired) electrons. The molecule has 5 nitrogen and oxygen atoms in total. The SMILES string of the molecule is CC(NCC(=O)NCC1(c2ccccc2)CCC1)C(C)n1cccn1. The molecule has 2 aromatic rings. The van der Waals surface area contributed by atoms with Gasteiger partial charge in [0.25, 0.3) is 0 Å². The van der Waals surface area contributed by atoms with Gasteiger partial charge < -0.3 is 10.6 Å². The van der Waals surface area contributed by atoms with Crippen LogP contribution in [0.3, 0.4) is 0 Å². The number of rotatable bonds is 8. The molecule has 0 bridgehead atoms. The molecule has 1 saturated carbocycles. The molecule has 1 aliphatic carbocycles. The molecule has 1 aromatic heterocycles. The van der Waals surface area contributed by atoms with E-state index in [-0.39, 0.29) is 23.4 Å². The highest BCUT2D eigenvalue weighted by Crippen LogP contribution is 2.43. The van der Waals surface area contributed by atoms with Gasteiger partial charge in [-0.1, -0.05) is 36.8 Å². The fraction of sp³-hybridized carbons (Fsp3) is 0.500. The molecule has 2 atom stereocenters. The van der Waals surface area contributed by atoms with Gasteiger partial charge in [0.2, 0.25) is 5.91 Å². The standard InChI is InChI=1S/C20H28N4O/c1-16(17(2)24-13-7-12-23-24)21-14-19(25)22-15-20(10-6-11-20)18-8-4-3-5-9-18/h3-5,7-9,12-13,16-17,21H,6,10-11,14-15H2,1-2H3,(H,22,25). The molecule has 1 aromatic carbocycles. The number of nitrogens with zero attached hydrogens (tertiary/aromatic N) is 2. The fourth-order valence-electron chi connectivity index (χ4n) is 3.47. The van der Waals surface area contributed by atoms with E-state index in [9.17, 15) is 4.79 Å². The van der Waals surface area contributed by atoms with Crippen LogP contribution in [0.15, 0.2) is 48.8 Å². The van der Waals surface area contributed by atoms with Crippen molar-refractivity contribution in [2.75, 3.05) is 13.1 Å². The maximum absolute atomic E-state index is 12.3. The molecular formula is C20H28N4O. The zero-order valence-electron chi connectivity index (χ0n) is 15.1. The van der Waals surface area contributed by atoms with Crippen LogP contribution >= 0.6 is 0 Å². The van der Waals surface area contributed by atoms with Gasteiger partial charge >= 0.3 is 0 Å². The van der Waals surface area contributed by atoms with Gasteiger partial charge in [-0.05, 0) is 38.3 Å². The van der Waals surface area contributed by atoms with Crippen LogP contribution in [0.1, 0.15) is 44.7 Å². The Morgan fingerprint density at radius 1 is 1.24 bits per heavy atom. The maximum Gasteiger partial charge on any atom is 0.233 e. The van der Waals surface area contributed by atoms with Gasteiger partial charge in [0, 0.05) is 30.4 Å². The summed E-state index contributed by atoms with van der Waals surface area (Å²) in [5.41, 5.74) is 1.47. The third kappa shape index (κ3) is 4.10. The van der Waals surface area contributed by atoms with Crippen molar-refractivity contribution in [1.29, 1.82) is 0 Å². The Labute approximate surface area is 149 Å². The van der Waals surface area contributed by atoms with E-state index in [2.05, 4.69) is 53.8 Å². The highest BCUT2D eigenvalue weighted by atomic mass is 16.1. The van der Waals surface area contributed by atoms with E-state index < -0.39 is 0 Å². The average Bonchev–Trinajstić information content (AvgIpc) is 3.13. The number of hydrogen-bond acceptors (Lipinski definition) is 3. The molecule has 1 amide bonds. The average molecular weight is 340 g/mol. The van der Waals surface area contributed by atoms with Crippen molar-refractivity contribution in [2.24, 2.45) is 0 Å². The van der Waals surface area contributed by atoms with Crippen molar-refractivity contribution in [3.63, 3.8) is 0 Å². The molecule has 1 heterocycles. The minimum atomic E-state index is 0.0571. The minimum absolute atomic E-state index is 0.0571. The van der Waals surface area contributed by atoms with E-state index in [0.717, 1.165) is 19.4 Å². The Morgan fingerprint density at radius 2 is 2.00 bits per heavy atom. The Bertz CT molecular complexity index is 664. The number of carbonyl (C=O) groups excluding carboxylic acids is 1. The first-order valence-electron chi connectivity index (χ1n) is 9.15. The van der Waals surface area contributed by atoms with E-state index >= 15 is 0 Å². The monoisotopic (exact) mass is 340 g/mol. The lowest BCUT2D eigenvalue weighted by molar-refractivity contribution is -0.120. The second-order valence-electron chi connectivity index (χ2n) is 7.17. The highest BCUT2D eigenvalue weighted by Gasteiger charge is 2.38. The Hall–Kier alpha value is -2.14. The fourth-order valence-corrected chi connectivity index (χ4v) is 3.47. The van der Waals surface area contributed by atoms with Crippen LogP contribution in [0, 0.1) is 0 Å². The van der Waals surface area contributed by atoms with Crippen LogP contribution in [0.4, 0.5) is 0 Å². The summed E-state index contributed by atoms with van der Waals surface area (Å²) in [6.07, 6.45) is 7.26. The molecule has 2 N–H and O–H groups in total. The van der Waals surface area contributed by atoms with Crippen LogP contribution < -0.4 is 10.6 Å². The molecule has 0 spiro atoms. The normalized spacial score (nSPS) is 18.2. The lowest BCUT2D eigenvalue weighted by Gasteiger charge is -2.42. The summed E-state index contributed by atoms with van der Waals surface area (Å²) in [6, 6.07) is 12.8. The Morgan fingerprint density at radius 3 is 2.60 bits per heavy atom. The minimum Gasteiger partial charge on any atom is -0.354 e. The van der Waals surface area contributed by atoms with E-state index in [0.29, 0.717) is 6.54 Å². The molecule has 134 valence electrons. The molecular weight excluding hydrogens is 312 g/mol. The van der Waals surface area contributed by atoms with Gasteiger partial charge in [-0.25, -0.2) is 0 Å². The van der Waals surface area contributed by atoms with Crippen molar-refractivity contribution >= 4 is 5.91 Å². The smallest absolute Gasteiger partial charge is 0.233 e. The first-order chi connectivity index (χ1) is 12.1. The lowest BCUT2D eigenvalue weighted by Crippen LogP contribution is -2.48. The number of nitrogens with one attached hydrogen (secondary N) is 2. The van der Waals surface area contributed by atoms with Gasteiger partial charge in [0.15, 0.2) is 0 Å². The van der Waals surface area contributed by atoms with Crippen molar-refractivity contribution < 1.29 is 4.79 Å². The van der Waals surface area contributed by atoms with Gasteiger partial charge in [-0.2, -0.15) is 5.10 Å². The summed E-state index contributed by atoms with van der Waals surface area (Å²) >= 11 is 0. The van der Waals surface area contributed by atoms with E-state index in [1.807, 2.05) is 23.0 Å². The third-order valence-corrected chi connectivity index (χ3v) is 5.57.